The highest BCUT2D eigenvalue weighted by molar-refractivity contribution is 7.47. The van der Waals surface area contributed by atoms with Gasteiger partial charge in [-0.3, -0.25) is 37.3 Å². The summed E-state index contributed by atoms with van der Waals surface area (Å²) in [6, 6.07) is 0. The molecule has 17 nitrogen and oxygen atoms in total. The monoisotopic (exact) mass is 1330 g/mol. The van der Waals surface area contributed by atoms with E-state index < -0.39 is 97.5 Å². The van der Waals surface area contributed by atoms with Gasteiger partial charge in [0.1, 0.15) is 19.3 Å². The SMILES string of the molecule is CCCCCC/C=C\C=C/CCCCCCCC(=O)OC[C@H](COP(=O)(O)OC[C@@H](O)COP(=O)(O)OC[C@@H](COC(=O)CCCCCCCCC)OC(=O)CCCCCCCCCCC)OC(=O)CCCCCCCCCCCCCCCCCCCCCC. The second-order valence-corrected chi connectivity index (χ2v) is 28.2. The molecule has 0 aromatic heterocycles. The number of allylic oxidation sites excluding steroid dienone is 4. The van der Waals surface area contributed by atoms with Crippen molar-refractivity contribution in [2.75, 3.05) is 39.6 Å². The number of hydrogen-bond acceptors (Lipinski definition) is 15. The Labute approximate surface area is 554 Å². The van der Waals surface area contributed by atoms with Gasteiger partial charge in [-0.2, -0.15) is 0 Å². The van der Waals surface area contributed by atoms with E-state index in [0.29, 0.717) is 25.7 Å². The van der Waals surface area contributed by atoms with E-state index in [4.69, 9.17) is 37.0 Å². The number of rotatable bonds is 71. The molecule has 0 rings (SSSR count). The van der Waals surface area contributed by atoms with Gasteiger partial charge in [-0.05, 0) is 51.4 Å². The molecule has 0 aromatic carbocycles. The lowest BCUT2D eigenvalue weighted by molar-refractivity contribution is -0.161. The molecule has 0 radical (unpaired) electrons. The Morgan fingerprint density at radius 2 is 0.527 bits per heavy atom. The van der Waals surface area contributed by atoms with Crippen LogP contribution in [0.4, 0.5) is 0 Å². The van der Waals surface area contributed by atoms with Crippen LogP contribution in [0.1, 0.15) is 355 Å². The van der Waals surface area contributed by atoms with E-state index in [1.807, 2.05) is 0 Å². The summed E-state index contributed by atoms with van der Waals surface area (Å²) in [5, 5.41) is 10.6. The lowest BCUT2D eigenvalue weighted by atomic mass is 10.0. The quantitative estimate of drug-likeness (QED) is 0.0169. The first-order valence-corrected chi connectivity index (χ1v) is 40.1. The fourth-order valence-electron chi connectivity index (χ4n) is 10.5. The van der Waals surface area contributed by atoms with Gasteiger partial charge in [0.2, 0.25) is 0 Å². The van der Waals surface area contributed by atoms with Gasteiger partial charge >= 0.3 is 39.5 Å². The van der Waals surface area contributed by atoms with Crippen LogP contribution in [0.2, 0.25) is 0 Å². The van der Waals surface area contributed by atoms with Gasteiger partial charge in [-0.1, -0.05) is 302 Å². The molecule has 3 N–H and O–H groups in total. The molecular weight excluding hydrogens is 1200 g/mol. The summed E-state index contributed by atoms with van der Waals surface area (Å²) in [6.45, 7) is 4.83. The highest BCUT2D eigenvalue weighted by Gasteiger charge is 2.30. The molecule has 0 aliphatic carbocycles. The van der Waals surface area contributed by atoms with Gasteiger partial charge in [0.25, 0.3) is 0 Å². The molecule has 2 unspecified atom stereocenters. The summed E-state index contributed by atoms with van der Waals surface area (Å²) >= 11 is 0. The van der Waals surface area contributed by atoms with Crippen molar-refractivity contribution in [3.8, 4) is 0 Å². The number of ether oxygens (including phenoxy) is 4. The van der Waals surface area contributed by atoms with Gasteiger partial charge in [-0.25, -0.2) is 9.13 Å². The zero-order valence-corrected chi connectivity index (χ0v) is 60.1. The third kappa shape index (κ3) is 66.0. The van der Waals surface area contributed by atoms with Crippen molar-refractivity contribution < 1.29 is 80.2 Å². The minimum Gasteiger partial charge on any atom is -0.462 e. The van der Waals surface area contributed by atoms with E-state index in [-0.39, 0.29) is 25.7 Å². The summed E-state index contributed by atoms with van der Waals surface area (Å²) in [5.41, 5.74) is 0. The number of aliphatic hydroxyl groups excluding tert-OH is 1. The third-order valence-electron chi connectivity index (χ3n) is 16.2. The number of aliphatic hydroxyl groups is 1. The fraction of sp³-hybridized carbons (Fsp3) is 0.889. The smallest absolute Gasteiger partial charge is 0.462 e. The normalized spacial score (nSPS) is 14.1. The first kappa shape index (κ1) is 88.5. The minimum absolute atomic E-state index is 0.102. The third-order valence-corrected chi connectivity index (χ3v) is 18.1. The van der Waals surface area contributed by atoms with Crippen molar-refractivity contribution in [2.24, 2.45) is 0 Å². The molecule has 0 bridgehead atoms. The topological polar surface area (TPSA) is 237 Å². The van der Waals surface area contributed by atoms with E-state index in [0.717, 1.165) is 122 Å². The standard InChI is InChI=1S/C72H136O17P2/c1-5-9-13-17-21-24-26-28-30-31-32-33-34-36-38-40-43-47-51-55-59-72(77)89-68(63-83-70(75)57-53-49-45-42-39-37-35-29-27-25-22-18-14-10-6-2)65-87-91(80,81)85-61-66(73)60-84-90(78,79)86-64-67(62-82-69(74)56-52-48-44-20-16-12-8-4)88-71(76)58-54-50-46-41-23-19-15-11-7-3/h25,27,29,35,66-68,73H,5-24,26,28,30-34,36-65H2,1-4H3,(H,78,79)(H,80,81)/b27-25-,35-29-/t66-,67+,68+/m0/s1. The van der Waals surface area contributed by atoms with Crippen LogP contribution in [0, 0.1) is 0 Å². The highest BCUT2D eigenvalue weighted by atomic mass is 31.2. The van der Waals surface area contributed by atoms with Crippen molar-refractivity contribution in [3.63, 3.8) is 0 Å². The second-order valence-electron chi connectivity index (χ2n) is 25.3. The molecule has 0 saturated carbocycles. The highest BCUT2D eigenvalue weighted by Crippen LogP contribution is 2.45. The van der Waals surface area contributed by atoms with Crippen LogP contribution in [0.3, 0.4) is 0 Å². The number of esters is 4. The van der Waals surface area contributed by atoms with Crippen LogP contribution in [-0.2, 0) is 65.4 Å². The minimum atomic E-state index is -4.96. The van der Waals surface area contributed by atoms with Crippen LogP contribution in [0.15, 0.2) is 24.3 Å². The molecule has 0 aliphatic heterocycles. The molecule has 0 aliphatic rings. The molecule has 5 atom stereocenters. The van der Waals surface area contributed by atoms with Gasteiger partial charge in [0.05, 0.1) is 26.4 Å². The number of phosphoric ester groups is 2. The first-order valence-electron chi connectivity index (χ1n) is 37.1. The Morgan fingerprint density at radius 3 is 0.802 bits per heavy atom. The predicted molar refractivity (Wildman–Crippen MR) is 368 cm³/mol. The summed E-state index contributed by atoms with van der Waals surface area (Å²) in [6.07, 6.45) is 58.0. The largest absolute Gasteiger partial charge is 0.472 e. The maximum Gasteiger partial charge on any atom is 0.472 e. The lowest BCUT2D eigenvalue weighted by Gasteiger charge is -2.21. The Hall–Kier alpha value is -2.46. The number of unbranched alkanes of at least 4 members (excludes halogenated alkanes) is 42. The molecular formula is C72H136O17P2. The van der Waals surface area contributed by atoms with Crippen LogP contribution in [-0.4, -0.2) is 96.7 Å². The van der Waals surface area contributed by atoms with Gasteiger partial charge in [-0.15, -0.1) is 0 Å². The van der Waals surface area contributed by atoms with Crippen molar-refractivity contribution >= 4 is 39.5 Å². The molecule has 0 saturated heterocycles. The maximum atomic E-state index is 13.0. The van der Waals surface area contributed by atoms with Gasteiger partial charge in [0.15, 0.2) is 12.2 Å². The van der Waals surface area contributed by atoms with Crippen LogP contribution >= 0.6 is 15.6 Å². The first-order chi connectivity index (χ1) is 44.2. The van der Waals surface area contributed by atoms with Gasteiger partial charge in [0, 0.05) is 25.7 Å². The van der Waals surface area contributed by atoms with E-state index in [2.05, 4.69) is 52.0 Å². The maximum absolute atomic E-state index is 13.0. The van der Waals surface area contributed by atoms with Crippen LogP contribution in [0.5, 0.6) is 0 Å². The fourth-order valence-corrected chi connectivity index (χ4v) is 12.1. The number of carbonyl (C=O) groups excluding carboxylic acids is 4. The Bertz CT molecular complexity index is 1830. The number of phosphoric acid groups is 2. The van der Waals surface area contributed by atoms with Crippen LogP contribution < -0.4 is 0 Å². The zero-order chi connectivity index (χ0) is 66.8. The number of hydrogen-bond donors (Lipinski definition) is 3. The molecule has 0 spiro atoms. The molecule has 0 fully saturated rings. The molecule has 0 aromatic rings. The average molecular weight is 1340 g/mol. The molecule has 536 valence electrons. The van der Waals surface area contributed by atoms with Gasteiger partial charge < -0.3 is 33.8 Å². The lowest BCUT2D eigenvalue weighted by Crippen LogP contribution is -2.30. The van der Waals surface area contributed by atoms with E-state index >= 15 is 0 Å². The van der Waals surface area contributed by atoms with Crippen LogP contribution in [0.25, 0.3) is 0 Å². The molecule has 91 heavy (non-hydrogen) atoms. The zero-order valence-electron chi connectivity index (χ0n) is 58.3. The predicted octanol–water partition coefficient (Wildman–Crippen LogP) is 20.6. The van der Waals surface area contributed by atoms with Crippen molar-refractivity contribution in [2.45, 2.75) is 373 Å². The van der Waals surface area contributed by atoms with E-state index in [1.54, 1.807) is 0 Å². The second kappa shape index (κ2) is 66.2. The van der Waals surface area contributed by atoms with E-state index in [1.165, 1.54) is 154 Å². The summed E-state index contributed by atoms with van der Waals surface area (Å²) in [5.74, 6) is -2.16. The van der Waals surface area contributed by atoms with Crippen molar-refractivity contribution in [1.82, 2.24) is 0 Å². The van der Waals surface area contributed by atoms with Crippen molar-refractivity contribution in [3.05, 3.63) is 24.3 Å². The Morgan fingerprint density at radius 1 is 0.308 bits per heavy atom. The molecule has 19 heteroatoms. The molecule has 0 amide bonds. The van der Waals surface area contributed by atoms with E-state index in [9.17, 15) is 43.2 Å². The number of carbonyl (C=O) groups is 4. The Balaban J connectivity index is 5.19. The summed E-state index contributed by atoms with van der Waals surface area (Å²) in [7, 11) is -9.90. The average Bonchev–Trinajstić information content (AvgIpc) is 3.74. The summed E-state index contributed by atoms with van der Waals surface area (Å²) < 4.78 is 68.1. The van der Waals surface area contributed by atoms with Crippen molar-refractivity contribution in [1.29, 1.82) is 0 Å². The molecule has 0 heterocycles. The summed E-state index contributed by atoms with van der Waals surface area (Å²) in [4.78, 5) is 72.4. The Kier molecular flexibility index (Phi) is 64.4.